The van der Waals surface area contributed by atoms with E-state index in [9.17, 15) is 0 Å². The molecule has 0 fully saturated rings. The van der Waals surface area contributed by atoms with Gasteiger partial charge in [-0.1, -0.05) is 50.2 Å². The highest BCUT2D eigenvalue weighted by molar-refractivity contribution is 7.13. The van der Waals surface area contributed by atoms with Crippen molar-refractivity contribution in [2.24, 2.45) is 0 Å². The van der Waals surface area contributed by atoms with Crippen molar-refractivity contribution >= 4 is 28.4 Å². The molecular weight excluding hydrogens is 348 g/mol. The third kappa shape index (κ3) is 2.50. The van der Waals surface area contributed by atoms with Crippen molar-refractivity contribution < 1.29 is 0 Å². The van der Waals surface area contributed by atoms with Crippen molar-refractivity contribution in [2.75, 3.05) is 4.90 Å². The highest BCUT2D eigenvalue weighted by Gasteiger charge is 2.38. The fourth-order valence-electron chi connectivity index (χ4n) is 3.96. The molecule has 3 heteroatoms. The Balaban J connectivity index is 1.69. The molecule has 132 valence electrons. The highest BCUT2D eigenvalue weighted by atomic mass is 32.1. The summed E-state index contributed by atoms with van der Waals surface area (Å²) in [6, 6.07) is 25.5. The van der Waals surface area contributed by atoms with Gasteiger partial charge in [-0.2, -0.15) is 0 Å². The van der Waals surface area contributed by atoms with Gasteiger partial charge in [0.2, 0.25) is 0 Å². The molecule has 27 heavy (non-hydrogen) atoms. The first-order valence-electron chi connectivity index (χ1n) is 9.15. The van der Waals surface area contributed by atoms with Crippen molar-refractivity contribution in [1.82, 2.24) is 4.98 Å². The van der Waals surface area contributed by atoms with E-state index in [2.05, 4.69) is 96.9 Å². The third-order valence-corrected chi connectivity index (χ3v) is 6.31. The molecule has 0 saturated carbocycles. The molecule has 2 aromatic heterocycles. The predicted molar refractivity (Wildman–Crippen MR) is 114 cm³/mol. The van der Waals surface area contributed by atoms with Gasteiger partial charge >= 0.3 is 0 Å². The molecule has 0 spiro atoms. The molecule has 1 aliphatic rings. The second-order valence-corrected chi connectivity index (χ2v) is 8.30. The van der Waals surface area contributed by atoms with E-state index in [1.54, 1.807) is 11.3 Å². The van der Waals surface area contributed by atoms with Crippen molar-refractivity contribution in [2.45, 2.75) is 19.3 Å². The molecule has 0 N–H and O–H groups in total. The summed E-state index contributed by atoms with van der Waals surface area (Å²) in [6.45, 7) is 4.59. The van der Waals surface area contributed by atoms with Crippen LogP contribution in [0.3, 0.4) is 0 Å². The molecule has 2 heterocycles. The molecule has 0 atom stereocenters. The summed E-state index contributed by atoms with van der Waals surface area (Å²) >= 11 is 1.79. The van der Waals surface area contributed by atoms with Gasteiger partial charge in [0.1, 0.15) is 0 Å². The molecule has 0 radical (unpaired) electrons. The highest BCUT2D eigenvalue weighted by Crippen LogP contribution is 2.51. The maximum atomic E-state index is 4.91. The summed E-state index contributed by atoms with van der Waals surface area (Å²) in [7, 11) is 0. The Labute approximate surface area is 163 Å². The number of rotatable bonds is 3. The molecule has 2 nitrogen and oxygen atoms in total. The second-order valence-electron chi connectivity index (χ2n) is 7.38. The maximum absolute atomic E-state index is 4.91. The van der Waals surface area contributed by atoms with Crippen molar-refractivity contribution in [1.29, 1.82) is 0 Å². The van der Waals surface area contributed by atoms with E-state index in [-0.39, 0.29) is 5.41 Å². The molecule has 0 saturated heterocycles. The van der Waals surface area contributed by atoms with Crippen molar-refractivity contribution in [3.8, 4) is 10.6 Å². The Bertz CT molecular complexity index is 1060. The number of thiophene rings is 1. The first-order valence-corrected chi connectivity index (χ1v) is 10.0. The van der Waals surface area contributed by atoms with Crippen LogP contribution in [0.5, 0.6) is 0 Å². The number of benzene rings is 2. The van der Waals surface area contributed by atoms with Crippen LogP contribution in [0.4, 0.5) is 17.1 Å². The van der Waals surface area contributed by atoms with E-state index in [0.29, 0.717) is 0 Å². The van der Waals surface area contributed by atoms with E-state index in [0.717, 1.165) is 22.8 Å². The van der Waals surface area contributed by atoms with Crippen molar-refractivity contribution in [3.63, 3.8) is 0 Å². The second kappa shape index (κ2) is 6.07. The summed E-state index contributed by atoms with van der Waals surface area (Å²) in [5, 5.41) is 2.17. The molecule has 2 aromatic carbocycles. The summed E-state index contributed by atoms with van der Waals surface area (Å²) in [4.78, 5) is 8.50. The number of fused-ring (bicyclic) bond motifs is 3. The van der Waals surface area contributed by atoms with E-state index >= 15 is 0 Å². The van der Waals surface area contributed by atoms with E-state index in [4.69, 9.17) is 4.98 Å². The molecule has 5 rings (SSSR count). The van der Waals surface area contributed by atoms with Crippen molar-refractivity contribution in [3.05, 3.63) is 95.5 Å². The molecular formula is C24H20N2S. The normalized spacial score (nSPS) is 13.9. The van der Waals surface area contributed by atoms with E-state index in [1.165, 1.54) is 16.0 Å². The summed E-state index contributed by atoms with van der Waals surface area (Å²) < 4.78 is 0. The van der Waals surface area contributed by atoms with Crippen LogP contribution in [-0.4, -0.2) is 4.98 Å². The SMILES string of the molecule is CC1(C)c2cc(N(c3ccccc3)c3ccccc3)cnc2-c2sccc21. The summed E-state index contributed by atoms with van der Waals surface area (Å²) in [6.07, 6.45) is 2.00. The van der Waals surface area contributed by atoms with Gasteiger partial charge in [-0.25, -0.2) is 0 Å². The van der Waals surface area contributed by atoms with Gasteiger partial charge in [-0.05, 0) is 52.9 Å². The van der Waals surface area contributed by atoms with Crippen LogP contribution in [0.15, 0.2) is 84.4 Å². The maximum Gasteiger partial charge on any atom is 0.0847 e. The minimum atomic E-state index is -0.0211. The number of hydrogen-bond acceptors (Lipinski definition) is 3. The number of aromatic nitrogens is 1. The molecule has 0 amide bonds. The topological polar surface area (TPSA) is 16.1 Å². The lowest BCUT2D eigenvalue weighted by Gasteiger charge is -2.27. The zero-order valence-electron chi connectivity index (χ0n) is 15.4. The predicted octanol–water partition coefficient (Wildman–Crippen LogP) is 6.92. The lowest BCUT2D eigenvalue weighted by Crippen LogP contribution is -2.16. The third-order valence-electron chi connectivity index (χ3n) is 5.39. The van der Waals surface area contributed by atoms with Gasteiger partial charge in [-0.15, -0.1) is 11.3 Å². The van der Waals surface area contributed by atoms with Crippen LogP contribution in [0.1, 0.15) is 25.0 Å². The zero-order valence-corrected chi connectivity index (χ0v) is 16.2. The molecule has 0 bridgehead atoms. The molecule has 4 aromatic rings. The zero-order chi connectivity index (χ0) is 18.4. The van der Waals surface area contributed by atoms with Gasteiger partial charge < -0.3 is 4.90 Å². The Morgan fingerprint density at radius 2 is 1.41 bits per heavy atom. The smallest absolute Gasteiger partial charge is 0.0847 e. The van der Waals surface area contributed by atoms with Crippen LogP contribution in [0, 0.1) is 0 Å². The molecule has 0 unspecified atom stereocenters. The van der Waals surface area contributed by atoms with E-state index < -0.39 is 0 Å². The van der Waals surface area contributed by atoms with Crippen LogP contribution in [0.25, 0.3) is 10.6 Å². The standard InChI is InChI=1S/C24H20N2S/c1-24(2)20-13-14-27-23(20)22-21(24)15-19(16-25-22)26(17-9-5-3-6-10-17)18-11-7-4-8-12-18/h3-16H,1-2H3. The lowest BCUT2D eigenvalue weighted by molar-refractivity contribution is 0.660. The van der Waals surface area contributed by atoms with Crippen LogP contribution >= 0.6 is 11.3 Å². The number of para-hydroxylation sites is 2. The monoisotopic (exact) mass is 368 g/mol. The van der Waals surface area contributed by atoms with Gasteiger partial charge in [0.25, 0.3) is 0 Å². The molecule has 1 aliphatic carbocycles. The Hall–Kier alpha value is -2.91. The minimum absolute atomic E-state index is 0.0211. The number of hydrogen-bond donors (Lipinski definition) is 0. The fraction of sp³-hybridized carbons (Fsp3) is 0.125. The summed E-state index contributed by atoms with van der Waals surface area (Å²) in [5.41, 5.74) is 7.17. The molecule has 0 aliphatic heterocycles. The average molecular weight is 369 g/mol. The Morgan fingerprint density at radius 1 is 0.778 bits per heavy atom. The van der Waals surface area contributed by atoms with Crippen LogP contribution in [0.2, 0.25) is 0 Å². The van der Waals surface area contributed by atoms with Gasteiger partial charge in [-0.3, -0.25) is 4.98 Å². The first kappa shape index (κ1) is 16.3. The summed E-state index contributed by atoms with van der Waals surface area (Å²) in [5.74, 6) is 0. The lowest BCUT2D eigenvalue weighted by atomic mass is 9.83. The number of anilines is 3. The largest absolute Gasteiger partial charge is 0.309 e. The van der Waals surface area contributed by atoms with Gasteiger partial charge in [0.05, 0.1) is 22.5 Å². The van der Waals surface area contributed by atoms with Gasteiger partial charge in [0, 0.05) is 16.8 Å². The first-order chi connectivity index (χ1) is 13.2. The quantitative estimate of drug-likeness (QED) is 0.390. The Morgan fingerprint density at radius 3 is 2.04 bits per heavy atom. The Kier molecular flexibility index (Phi) is 3.66. The number of pyridine rings is 1. The minimum Gasteiger partial charge on any atom is -0.309 e. The number of nitrogens with zero attached hydrogens (tertiary/aromatic N) is 2. The fourth-order valence-corrected chi connectivity index (χ4v) is 5.03. The van der Waals surface area contributed by atoms with Crippen LogP contribution < -0.4 is 4.90 Å². The van der Waals surface area contributed by atoms with Gasteiger partial charge in [0.15, 0.2) is 0 Å². The van der Waals surface area contributed by atoms with E-state index in [1.807, 2.05) is 6.20 Å². The van der Waals surface area contributed by atoms with Crippen LogP contribution in [-0.2, 0) is 5.41 Å². The average Bonchev–Trinajstić information content (AvgIpc) is 3.27.